The van der Waals surface area contributed by atoms with Crippen LogP contribution >= 0.6 is 0 Å². The minimum atomic E-state index is 0.225. The maximum absolute atomic E-state index is 9.12. The molecule has 0 fully saturated rings. The zero-order valence-electron chi connectivity index (χ0n) is 11.8. The van der Waals surface area contributed by atoms with Crippen LogP contribution in [0.5, 0.6) is 0 Å². The number of aliphatic hydroxyl groups is 1. The lowest BCUT2D eigenvalue weighted by atomic mass is 9.84. The maximum Gasteiger partial charge on any atom is 0.0446 e. The molecule has 0 rings (SSSR count). The second kappa shape index (κ2) is 8.08. The Balaban J connectivity index is 4.23. The van der Waals surface area contributed by atoms with E-state index in [0.717, 1.165) is 6.42 Å². The minimum Gasteiger partial charge on any atom is -0.396 e. The summed E-state index contributed by atoms with van der Waals surface area (Å²) in [7, 11) is 0. The second-order valence-corrected chi connectivity index (χ2v) is 5.84. The highest BCUT2D eigenvalue weighted by molar-refractivity contribution is 4.83. The highest BCUT2D eigenvalue weighted by Gasteiger charge is 2.25. The van der Waals surface area contributed by atoms with Crippen LogP contribution in [0.3, 0.4) is 0 Å². The normalized spacial score (nSPS) is 16.1. The van der Waals surface area contributed by atoms with Crippen molar-refractivity contribution in [3.05, 3.63) is 0 Å². The number of aliphatic hydroxyl groups excluding tert-OH is 1. The lowest BCUT2D eigenvalue weighted by Crippen LogP contribution is -2.46. The van der Waals surface area contributed by atoms with Crippen molar-refractivity contribution >= 4 is 0 Å². The largest absolute Gasteiger partial charge is 0.396 e. The molecule has 2 N–H and O–H groups in total. The summed E-state index contributed by atoms with van der Waals surface area (Å²) >= 11 is 0. The number of unbranched alkanes of at least 4 members (excludes halogenated alkanes) is 1. The van der Waals surface area contributed by atoms with Gasteiger partial charge in [0.05, 0.1) is 0 Å². The fourth-order valence-corrected chi connectivity index (χ4v) is 2.04. The molecular formula is C14H31NO. The van der Waals surface area contributed by atoms with Crippen LogP contribution in [0.2, 0.25) is 0 Å². The van der Waals surface area contributed by atoms with Gasteiger partial charge in [0, 0.05) is 18.7 Å². The van der Waals surface area contributed by atoms with Gasteiger partial charge in [0.25, 0.3) is 0 Å². The van der Waals surface area contributed by atoms with Crippen LogP contribution in [-0.2, 0) is 0 Å². The van der Waals surface area contributed by atoms with E-state index in [0.29, 0.717) is 12.1 Å². The molecule has 0 aromatic heterocycles. The Labute approximate surface area is 102 Å². The van der Waals surface area contributed by atoms with Crippen molar-refractivity contribution in [1.29, 1.82) is 0 Å². The van der Waals surface area contributed by atoms with E-state index in [1.165, 1.54) is 25.7 Å². The van der Waals surface area contributed by atoms with Crippen molar-refractivity contribution in [2.75, 3.05) is 6.61 Å². The van der Waals surface area contributed by atoms with Crippen molar-refractivity contribution in [3.8, 4) is 0 Å². The Morgan fingerprint density at radius 1 is 1.12 bits per heavy atom. The van der Waals surface area contributed by atoms with E-state index in [4.69, 9.17) is 5.11 Å². The molecule has 2 nitrogen and oxygen atoms in total. The van der Waals surface area contributed by atoms with Gasteiger partial charge in [-0.2, -0.15) is 0 Å². The van der Waals surface area contributed by atoms with Gasteiger partial charge in [-0.25, -0.2) is 0 Å². The molecule has 0 aromatic carbocycles. The first kappa shape index (κ1) is 15.9. The topological polar surface area (TPSA) is 32.3 Å². The summed E-state index contributed by atoms with van der Waals surface area (Å²) in [5.74, 6) is 0. The highest BCUT2D eigenvalue weighted by atomic mass is 16.3. The molecule has 2 atom stereocenters. The molecule has 0 aliphatic rings. The molecular weight excluding hydrogens is 198 g/mol. The summed E-state index contributed by atoms with van der Waals surface area (Å²) in [6.45, 7) is 11.5. The molecule has 0 saturated carbocycles. The quantitative estimate of drug-likeness (QED) is 0.669. The Morgan fingerprint density at radius 2 is 1.75 bits per heavy atom. The average Bonchev–Trinajstić information content (AvgIpc) is 2.21. The first-order valence-corrected chi connectivity index (χ1v) is 6.82. The van der Waals surface area contributed by atoms with E-state index in [2.05, 4.69) is 39.9 Å². The zero-order chi connectivity index (χ0) is 12.6. The summed E-state index contributed by atoms with van der Waals surface area (Å²) in [5, 5.41) is 12.8. The van der Waals surface area contributed by atoms with Crippen LogP contribution in [0.15, 0.2) is 0 Å². The third kappa shape index (κ3) is 6.49. The number of rotatable bonds is 8. The predicted molar refractivity (Wildman–Crippen MR) is 71.7 cm³/mol. The van der Waals surface area contributed by atoms with Crippen molar-refractivity contribution in [3.63, 3.8) is 0 Å². The monoisotopic (exact) mass is 229 g/mol. The third-order valence-electron chi connectivity index (χ3n) is 3.30. The van der Waals surface area contributed by atoms with E-state index in [-0.39, 0.29) is 12.0 Å². The highest BCUT2D eigenvalue weighted by Crippen LogP contribution is 2.23. The summed E-state index contributed by atoms with van der Waals surface area (Å²) in [6, 6.07) is 1.02. The number of nitrogens with one attached hydrogen (secondary N) is 1. The van der Waals surface area contributed by atoms with Crippen LogP contribution in [0.25, 0.3) is 0 Å². The molecule has 0 aromatic rings. The van der Waals surface area contributed by atoms with Gasteiger partial charge < -0.3 is 10.4 Å². The lowest BCUT2D eigenvalue weighted by Gasteiger charge is -2.34. The van der Waals surface area contributed by atoms with Gasteiger partial charge in [0.15, 0.2) is 0 Å². The molecule has 0 radical (unpaired) electrons. The van der Waals surface area contributed by atoms with E-state index >= 15 is 0 Å². The summed E-state index contributed by atoms with van der Waals surface area (Å²) in [4.78, 5) is 0. The summed E-state index contributed by atoms with van der Waals surface area (Å²) in [5.41, 5.74) is 0.225. The first-order chi connectivity index (χ1) is 7.45. The Morgan fingerprint density at radius 3 is 2.12 bits per heavy atom. The Bertz CT molecular complexity index is 163. The molecule has 0 heterocycles. The SMILES string of the molecule is CCCCC(CC)NC(CCO)C(C)(C)C. The maximum atomic E-state index is 9.12. The van der Waals surface area contributed by atoms with E-state index < -0.39 is 0 Å². The fraction of sp³-hybridized carbons (Fsp3) is 1.00. The second-order valence-electron chi connectivity index (χ2n) is 5.84. The first-order valence-electron chi connectivity index (χ1n) is 6.82. The van der Waals surface area contributed by atoms with Crippen LogP contribution in [0, 0.1) is 5.41 Å². The fourth-order valence-electron chi connectivity index (χ4n) is 2.04. The molecule has 0 aliphatic carbocycles. The van der Waals surface area contributed by atoms with E-state index in [1.807, 2.05) is 0 Å². The van der Waals surface area contributed by atoms with Gasteiger partial charge in [0.2, 0.25) is 0 Å². The number of hydrogen-bond acceptors (Lipinski definition) is 2. The molecule has 2 heteroatoms. The molecule has 0 bridgehead atoms. The summed E-state index contributed by atoms with van der Waals surface area (Å²) in [6.07, 6.45) is 5.84. The minimum absolute atomic E-state index is 0.225. The van der Waals surface area contributed by atoms with Gasteiger partial charge >= 0.3 is 0 Å². The van der Waals surface area contributed by atoms with Crippen molar-refractivity contribution in [1.82, 2.24) is 5.32 Å². The van der Waals surface area contributed by atoms with Gasteiger partial charge in [-0.15, -0.1) is 0 Å². The molecule has 98 valence electrons. The van der Waals surface area contributed by atoms with Crippen LogP contribution < -0.4 is 5.32 Å². The van der Waals surface area contributed by atoms with Gasteiger partial charge in [-0.1, -0.05) is 47.5 Å². The Hall–Kier alpha value is -0.0800. The zero-order valence-corrected chi connectivity index (χ0v) is 11.8. The Kier molecular flexibility index (Phi) is 8.04. The smallest absolute Gasteiger partial charge is 0.0446 e. The van der Waals surface area contributed by atoms with Crippen LogP contribution in [0.1, 0.15) is 66.7 Å². The van der Waals surface area contributed by atoms with E-state index in [9.17, 15) is 0 Å². The van der Waals surface area contributed by atoms with Crippen molar-refractivity contribution in [2.45, 2.75) is 78.8 Å². The lowest BCUT2D eigenvalue weighted by molar-refractivity contribution is 0.181. The van der Waals surface area contributed by atoms with Crippen LogP contribution in [-0.4, -0.2) is 23.8 Å². The number of hydrogen-bond donors (Lipinski definition) is 2. The molecule has 2 unspecified atom stereocenters. The van der Waals surface area contributed by atoms with Crippen molar-refractivity contribution < 1.29 is 5.11 Å². The van der Waals surface area contributed by atoms with E-state index in [1.54, 1.807) is 0 Å². The molecule has 0 saturated heterocycles. The third-order valence-corrected chi connectivity index (χ3v) is 3.30. The van der Waals surface area contributed by atoms with Gasteiger partial charge in [-0.05, 0) is 24.7 Å². The molecule has 16 heavy (non-hydrogen) atoms. The summed E-state index contributed by atoms with van der Waals surface area (Å²) < 4.78 is 0. The molecule has 0 amide bonds. The van der Waals surface area contributed by atoms with Gasteiger partial charge in [-0.3, -0.25) is 0 Å². The van der Waals surface area contributed by atoms with Gasteiger partial charge in [0.1, 0.15) is 0 Å². The molecule has 0 spiro atoms. The van der Waals surface area contributed by atoms with Crippen LogP contribution in [0.4, 0.5) is 0 Å². The average molecular weight is 229 g/mol. The molecule has 0 aliphatic heterocycles. The van der Waals surface area contributed by atoms with Crippen molar-refractivity contribution in [2.24, 2.45) is 5.41 Å². The predicted octanol–water partition coefficient (Wildman–Crippen LogP) is 3.34. The standard InChI is InChI=1S/C14H31NO/c1-6-8-9-12(7-2)15-13(10-11-16)14(3,4)5/h12-13,15-16H,6-11H2,1-5H3.